The van der Waals surface area contributed by atoms with Crippen LogP contribution in [0, 0.1) is 23.7 Å². The molecule has 0 saturated heterocycles. The highest BCUT2D eigenvalue weighted by Gasteiger charge is 2.50. The van der Waals surface area contributed by atoms with Crippen molar-refractivity contribution in [3.63, 3.8) is 0 Å². The summed E-state index contributed by atoms with van der Waals surface area (Å²) < 4.78 is 0. The Labute approximate surface area is 137 Å². The van der Waals surface area contributed by atoms with Crippen molar-refractivity contribution in [2.75, 3.05) is 5.32 Å². The van der Waals surface area contributed by atoms with Crippen molar-refractivity contribution in [3.05, 3.63) is 29.8 Å². The van der Waals surface area contributed by atoms with E-state index in [1.54, 1.807) is 0 Å². The number of carbonyl (C=O) groups is 2. The second-order valence-electron chi connectivity index (χ2n) is 7.00. The van der Waals surface area contributed by atoms with Crippen LogP contribution in [0.5, 0.6) is 0 Å². The number of amides is 1. The van der Waals surface area contributed by atoms with Crippen molar-refractivity contribution in [2.24, 2.45) is 23.7 Å². The van der Waals surface area contributed by atoms with Gasteiger partial charge >= 0.3 is 5.97 Å². The van der Waals surface area contributed by atoms with Crippen LogP contribution in [0.25, 0.3) is 0 Å². The van der Waals surface area contributed by atoms with Crippen LogP contribution < -0.4 is 5.32 Å². The molecule has 3 fully saturated rings. The number of hydrogen-bond acceptors (Lipinski definition) is 2. The number of fused-ring (bicyclic) bond motifs is 3. The van der Waals surface area contributed by atoms with Crippen molar-refractivity contribution < 1.29 is 14.7 Å². The molecule has 1 aromatic rings. The highest BCUT2D eigenvalue weighted by molar-refractivity contribution is 5.95. The zero-order valence-corrected chi connectivity index (χ0v) is 13.6. The van der Waals surface area contributed by atoms with Crippen LogP contribution in [0.2, 0.25) is 0 Å². The quantitative estimate of drug-likeness (QED) is 0.870. The van der Waals surface area contributed by atoms with E-state index in [0.29, 0.717) is 0 Å². The van der Waals surface area contributed by atoms with E-state index in [2.05, 4.69) is 12.2 Å². The summed E-state index contributed by atoms with van der Waals surface area (Å²) in [5.41, 5.74) is 2.02. The number of carboxylic acid groups (broad SMARTS) is 1. The Morgan fingerprint density at radius 3 is 2.13 bits per heavy atom. The number of nitrogens with one attached hydrogen (secondary N) is 1. The Morgan fingerprint density at radius 2 is 1.61 bits per heavy atom. The Morgan fingerprint density at radius 1 is 1.04 bits per heavy atom. The summed E-state index contributed by atoms with van der Waals surface area (Å²) in [5, 5.41) is 12.5. The second-order valence-corrected chi connectivity index (χ2v) is 7.00. The molecule has 124 valence electrons. The Kier molecular flexibility index (Phi) is 4.69. The van der Waals surface area contributed by atoms with Gasteiger partial charge in [-0.15, -0.1) is 0 Å². The standard InChI is InChI=1S/C19H25NO3/c1-2-3-12-4-10-15(11-5-12)20-18(21)16-13-6-8-14(9-7-13)17(16)19(22)23/h4-5,10-11,13-14,16-17H,2-3,6-9H2,1H3,(H,20,21)(H,22,23)/t13?,14?,16-,17+/m0/s1. The molecule has 4 rings (SSSR count). The molecule has 0 radical (unpaired) electrons. The number of anilines is 1. The van der Waals surface area contributed by atoms with E-state index in [4.69, 9.17) is 0 Å². The van der Waals surface area contributed by atoms with Gasteiger partial charge in [0, 0.05) is 5.69 Å². The average molecular weight is 315 g/mol. The van der Waals surface area contributed by atoms with Crippen LogP contribution in [-0.2, 0) is 16.0 Å². The Balaban J connectivity index is 1.72. The minimum absolute atomic E-state index is 0.116. The Bertz CT molecular complexity index is 573. The Hall–Kier alpha value is -1.84. The van der Waals surface area contributed by atoms with Crippen LogP contribution >= 0.6 is 0 Å². The van der Waals surface area contributed by atoms with E-state index < -0.39 is 11.9 Å². The van der Waals surface area contributed by atoms with Gasteiger partial charge in [0.15, 0.2) is 0 Å². The van der Waals surface area contributed by atoms with Crippen molar-refractivity contribution >= 4 is 17.6 Å². The van der Waals surface area contributed by atoms with Gasteiger partial charge < -0.3 is 10.4 Å². The third-order valence-electron chi connectivity index (χ3n) is 5.57. The maximum atomic E-state index is 12.7. The van der Waals surface area contributed by atoms with Crippen LogP contribution in [0.4, 0.5) is 5.69 Å². The van der Waals surface area contributed by atoms with Gasteiger partial charge in [-0.1, -0.05) is 25.5 Å². The normalized spacial score (nSPS) is 29.3. The molecule has 0 aromatic heterocycles. The van der Waals surface area contributed by atoms with E-state index in [0.717, 1.165) is 44.2 Å². The van der Waals surface area contributed by atoms with E-state index in [-0.39, 0.29) is 23.7 Å². The largest absolute Gasteiger partial charge is 0.481 e. The van der Waals surface area contributed by atoms with Crippen LogP contribution in [0.15, 0.2) is 24.3 Å². The third kappa shape index (κ3) is 3.26. The molecular formula is C19H25NO3. The first-order valence-corrected chi connectivity index (χ1v) is 8.72. The lowest BCUT2D eigenvalue weighted by Crippen LogP contribution is -2.49. The average Bonchev–Trinajstić information content (AvgIpc) is 2.57. The fourth-order valence-electron chi connectivity index (χ4n) is 4.45. The highest BCUT2D eigenvalue weighted by atomic mass is 16.4. The van der Waals surface area contributed by atoms with E-state index in [1.165, 1.54) is 5.56 Å². The molecule has 4 nitrogen and oxygen atoms in total. The lowest BCUT2D eigenvalue weighted by atomic mass is 9.58. The molecule has 3 aliphatic carbocycles. The van der Waals surface area contributed by atoms with Crippen molar-refractivity contribution in [1.29, 1.82) is 0 Å². The van der Waals surface area contributed by atoms with Gasteiger partial charge in [-0.3, -0.25) is 9.59 Å². The van der Waals surface area contributed by atoms with Gasteiger partial charge in [0.05, 0.1) is 11.8 Å². The maximum absolute atomic E-state index is 12.7. The summed E-state index contributed by atoms with van der Waals surface area (Å²) in [6, 6.07) is 7.89. The molecule has 1 amide bonds. The molecule has 0 unspecified atom stereocenters. The van der Waals surface area contributed by atoms with Gasteiger partial charge in [0.25, 0.3) is 0 Å². The molecule has 3 saturated carbocycles. The number of aryl methyl sites for hydroxylation is 1. The highest BCUT2D eigenvalue weighted by Crippen LogP contribution is 2.49. The monoisotopic (exact) mass is 315 g/mol. The van der Waals surface area contributed by atoms with E-state index >= 15 is 0 Å². The third-order valence-corrected chi connectivity index (χ3v) is 5.57. The number of aliphatic carboxylic acids is 1. The van der Waals surface area contributed by atoms with E-state index in [9.17, 15) is 14.7 Å². The predicted octanol–water partition coefficient (Wildman–Crippen LogP) is 3.71. The maximum Gasteiger partial charge on any atom is 0.307 e. The lowest BCUT2D eigenvalue weighted by Gasteiger charge is -2.45. The van der Waals surface area contributed by atoms with Crippen LogP contribution in [0.3, 0.4) is 0 Å². The molecule has 0 aliphatic heterocycles. The van der Waals surface area contributed by atoms with E-state index in [1.807, 2.05) is 24.3 Å². The number of carbonyl (C=O) groups excluding carboxylic acids is 1. The number of carboxylic acids is 1. The number of rotatable bonds is 5. The molecule has 2 N–H and O–H groups in total. The topological polar surface area (TPSA) is 66.4 Å². The first-order valence-electron chi connectivity index (χ1n) is 8.72. The molecule has 4 heteroatoms. The first kappa shape index (κ1) is 16.0. The fraction of sp³-hybridized carbons (Fsp3) is 0.579. The van der Waals surface area contributed by atoms with Crippen molar-refractivity contribution in [3.8, 4) is 0 Å². The van der Waals surface area contributed by atoms with Gasteiger partial charge in [-0.2, -0.15) is 0 Å². The van der Waals surface area contributed by atoms with Crippen molar-refractivity contribution in [2.45, 2.75) is 45.4 Å². The summed E-state index contributed by atoms with van der Waals surface area (Å²) >= 11 is 0. The lowest BCUT2D eigenvalue weighted by molar-refractivity contribution is -0.156. The fourth-order valence-corrected chi connectivity index (χ4v) is 4.45. The molecule has 1 aromatic carbocycles. The van der Waals surface area contributed by atoms with Crippen LogP contribution in [-0.4, -0.2) is 17.0 Å². The van der Waals surface area contributed by atoms with Gasteiger partial charge in [-0.25, -0.2) is 0 Å². The minimum atomic E-state index is -0.808. The second kappa shape index (κ2) is 6.73. The molecule has 2 atom stereocenters. The summed E-state index contributed by atoms with van der Waals surface area (Å²) in [7, 11) is 0. The van der Waals surface area contributed by atoms with Gasteiger partial charge in [0.2, 0.25) is 5.91 Å². The van der Waals surface area contributed by atoms with Gasteiger partial charge in [-0.05, 0) is 61.6 Å². The molecule has 2 bridgehead atoms. The predicted molar refractivity (Wildman–Crippen MR) is 89.1 cm³/mol. The molecular weight excluding hydrogens is 290 g/mol. The molecule has 0 spiro atoms. The first-order chi connectivity index (χ1) is 11.1. The summed E-state index contributed by atoms with van der Waals surface area (Å²) in [4.78, 5) is 24.4. The SMILES string of the molecule is CCCc1ccc(NC(=O)[C@H]2C3CCC(CC3)[C@H]2C(=O)O)cc1. The number of hydrogen-bond donors (Lipinski definition) is 2. The smallest absolute Gasteiger partial charge is 0.307 e. The van der Waals surface area contributed by atoms with Gasteiger partial charge in [0.1, 0.15) is 0 Å². The molecule has 0 heterocycles. The zero-order chi connectivity index (χ0) is 16.4. The zero-order valence-electron chi connectivity index (χ0n) is 13.6. The van der Waals surface area contributed by atoms with Crippen LogP contribution in [0.1, 0.15) is 44.6 Å². The summed E-state index contributed by atoms with van der Waals surface area (Å²) in [6.07, 6.45) is 6.01. The minimum Gasteiger partial charge on any atom is -0.481 e. The number of benzene rings is 1. The molecule has 3 aliphatic rings. The molecule has 23 heavy (non-hydrogen) atoms. The van der Waals surface area contributed by atoms with Crippen molar-refractivity contribution in [1.82, 2.24) is 0 Å². The summed E-state index contributed by atoms with van der Waals surface area (Å²) in [6.45, 7) is 2.14. The summed E-state index contributed by atoms with van der Waals surface area (Å²) in [5.74, 6) is -1.43.